The first-order valence-electron chi connectivity index (χ1n) is 4.67. The summed E-state index contributed by atoms with van der Waals surface area (Å²) in [5.74, 6) is -0.452. The SMILES string of the molecule is CC(C#N)CNCc1ccc(Cl)c(F)c1. The van der Waals surface area contributed by atoms with Crippen LogP contribution in [0.25, 0.3) is 0 Å². The number of benzene rings is 1. The Morgan fingerprint density at radius 1 is 1.60 bits per heavy atom. The lowest BCUT2D eigenvalue weighted by Gasteiger charge is -2.06. The fourth-order valence-corrected chi connectivity index (χ4v) is 1.25. The largest absolute Gasteiger partial charge is 0.311 e. The van der Waals surface area contributed by atoms with Gasteiger partial charge in [0.1, 0.15) is 5.82 Å². The van der Waals surface area contributed by atoms with Crippen molar-refractivity contribution in [3.05, 3.63) is 34.6 Å². The van der Waals surface area contributed by atoms with Crippen molar-refractivity contribution < 1.29 is 4.39 Å². The molecular weight excluding hydrogens is 215 g/mol. The van der Waals surface area contributed by atoms with Crippen LogP contribution in [0.1, 0.15) is 12.5 Å². The molecule has 0 aromatic heterocycles. The molecule has 0 heterocycles. The highest BCUT2D eigenvalue weighted by molar-refractivity contribution is 6.30. The summed E-state index contributed by atoms with van der Waals surface area (Å²) in [6, 6.07) is 6.80. The first kappa shape index (κ1) is 12.0. The van der Waals surface area contributed by atoms with Crippen molar-refractivity contribution in [3.63, 3.8) is 0 Å². The number of nitrogens with zero attached hydrogens (tertiary/aromatic N) is 1. The predicted octanol–water partition coefficient (Wildman–Crippen LogP) is 2.73. The third-order valence-corrected chi connectivity index (χ3v) is 2.29. The van der Waals surface area contributed by atoms with Gasteiger partial charge in [0.05, 0.1) is 17.0 Å². The number of nitriles is 1. The maximum Gasteiger partial charge on any atom is 0.142 e. The second-order valence-corrected chi connectivity index (χ2v) is 3.82. The van der Waals surface area contributed by atoms with Crippen molar-refractivity contribution in [2.24, 2.45) is 5.92 Å². The smallest absolute Gasteiger partial charge is 0.142 e. The molecule has 0 aliphatic carbocycles. The van der Waals surface area contributed by atoms with Crippen molar-refractivity contribution in [2.75, 3.05) is 6.54 Å². The van der Waals surface area contributed by atoms with Crippen molar-refractivity contribution in [3.8, 4) is 6.07 Å². The minimum Gasteiger partial charge on any atom is -0.311 e. The Morgan fingerprint density at radius 3 is 2.93 bits per heavy atom. The van der Waals surface area contributed by atoms with Crippen LogP contribution in [0, 0.1) is 23.1 Å². The van der Waals surface area contributed by atoms with Gasteiger partial charge in [-0.25, -0.2) is 4.39 Å². The first-order chi connectivity index (χ1) is 7.13. The molecule has 0 aliphatic rings. The molecular formula is C11H12ClFN2. The van der Waals surface area contributed by atoms with E-state index in [4.69, 9.17) is 16.9 Å². The lowest BCUT2D eigenvalue weighted by molar-refractivity contribution is 0.593. The molecule has 1 unspecified atom stereocenters. The maximum atomic E-state index is 13.0. The van der Waals surface area contributed by atoms with Crippen LogP contribution in [-0.4, -0.2) is 6.54 Å². The molecule has 1 rings (SSSR count). The van der Waals surface area contributed by atoms with E-state index in [1.807, 2.05) is 6.92 Å². The lowest BCUT2D eigenvalue weighted by atomic mass is 10.2. The van der Waals surface area contributed by atoms with Gasteiger partial charge in [-0.2, -0.15) is 5.26 Å². The first-order valence-corrected chi connectivity index (χ1v) is 5.05. The van der Waals surface area contributed by atoms with Crippen LogP contribution in [0.5, 0.6) is 0 Å². The average molecular weight is 227 g/mol. The van der Waals surface area contributed by atoms with Gasteiger partial charge in [0, 0.05) is 13.1 Å². The van der Waals surface area contributed by atoms with Crippen LogP contribution in [-0.2, 0) is 6.54 Å². The second-order valence-electron chi connectivity index (χ2n) is 3.41. The third kappa shape index (κ3) is 3.86. The molecule has 1 atom stereocenters. The summed E-state index contributed by atoms with van der Waals surface area (Å²) >= 11 is 5.55. The van der Waals surface area contributed by atoms with Crippen LogP contribution >= 0.6 is 11.6 Å². The minimum atomic E-state index is -0.413. The van der Waals surface area contributed by atoms with E-state index in [2.05, 4.69) is 11.4 Å². The molecule has 1 aromatic rings. The highest BCUT2D eigenvalue weighted by atomic mass is 35.5. The average Bonchev–Trinajstić information content (AvgIpc) is 2.23. The fraction of sp³-hybridized carbons (Fsp3) is 0.364. The molecule has 0 radical (unpaired) electrons. The van der Waals surface area contributed by atoms with Gasteiger partial charge in [0.2, 0.25) is 0 Å². The molecule has 0 aliphatic heterocycles. The molecule has 80 valence electrons. The van der Waals surface area contributed by atoms with Crippen LogP contribution < -0.4 is 5.32 Å². The fourth-order valence-electron chi connectivity index (χ4n) is 1.13. The summed E-state index contributed by atoms with van der Waals surface area (Å²) in [5.41, 5.74) is 0.821. The van der Waals surface area contributed by atoms with Gasteiger partial charge in [-0.3, -0.25) is 0 Å². The Morgan fingerprint density at radius 2 is 2.33 bits per heavy atom. The summed E-state index contributed by atoms with van der Waals surface area (Å²) in [5, 5.41) is 11.7. The van der Waals surface area contributed by atoms with E-state index in [9.17, 15) is 4.39 Å². The Hall–Kier alpha value is -1.11. The molecule has 0 bridgehead atoms. The van der Waals surface area contributed by atoms with Crippen LogP contribution in [0.4, 0.5) is 4.39 Å². The maximum absolute atomic E-state index is 13.0. The zero-order valence-corrected chi connectivity index (χ0v) is 9.18. The van der Waals surface area contributed by atoms with Gasteiger partial charge in [-0.15, -0.1) is 0 Å². The van der Waals surface area contributed by atoms with E-state index in [1.165, 1.54) is 12.1 Å². The molecule has 1 aromatic carbocycles. The quantitative estimate of drug-likeness (QED) is 0.857. The summed E-state index contributed by atoms with van der Waals surface area (Å²) in [7, 11) is 0. The van der Waals surface area contributed by atoms with Gasteiger partial charge in [-0.1, -0.05) is 17.7 Å². The Bertz CT molecular complexity index is 373. The third-order valence-electron chi connectivity index (χ3n) is 1.98. The number of hydrogen-bond donors (Lipinski definition) is 1. The zero-order chi connectivity index (χ0) is 11.3. The van der Waals surface area contributed by atoms with Gasteiger partial charge >= 0.3 is 0 Å². The number of nitrogens with one attached hydrogen (secondary N) is 1. The van der Waals surface area contributed by atoms with Crippen molar-refractivity contribution in [1.82, 2.24) is 5.32 Å². The Labute approximate surface area is 93.7 Å². The van der Waals surface area contributed by atoms with Crippen LogP contribution in [0.2, 0.25) is 5.02 Å². The van der Waals surface area contributed by atoms with Crippen LogP contribution in [0.15, 0.2) is 18.2 Å². The molecule has 1 N–H and O–H groups in total. The van der Waals surface area contributed by atoms with E-state index in [1.54, 1.807) is 6.07 Å². The van der Waals surface area contributed by atoms with Crippen molar-refractivity contribution in [2.45, 2.75) is 13.5 Å². The molecule has 0 amide bonds. The molecule has 0 saturated heterocycles. The predicted molar refractivity (Wildman–Crippen MR) is 57.9 cm³/mol. The summed E-state index contributed by atoms with van der Waals surface area (Å²) in [6.07, 6.45) is 0. The molecule has 4 heteroatoms. The second kappa shape index (κ2) is 5.69. The van der Waals surface area contributed by atoms with E-state index in [0.717, 1.165) is 5.56 Å². The standard InChI is InChI=1S/C11H12ClFN2/c1-8(5-14)6-15-7-9-2-3-10(12)11(13)4-9/h2-4,8,15H,6-7H2,1H3. The normalized spacial score (nSPS) is 12.1. The molecule has 15 heavy (non-hydrogen) atoms. The van der Waals surface area contributed by atoms with Crippen molar-refractivity contribution >= 4 is 11.6 Å². The number of rotatable bonds is 4. The minimum absolute atomic E-state index is 0.0397. The van der Waals surface area contributed by atoms with E-state index in [-0.39, 0.29) is 10.9 Å². The van der Waals surface area contributed by atoms with Crippen LogP contribution in [0.3, 0.4) is 0 Å². The summed E-state index contributed by atoms with van der Waals surface area (Å²) < 4.78 is 13.0. The topological polar surface area (TPSA) is 35.8 Å². The molecule has 2 nitrogen and oxygen atoms in total. The summed E-state index contributed by atoms with van der Waals surface area (Å²) in [6.45, 7) is 2.97. The van der Waals surface area contributed by atoms with Gasteiger partial charge in [0.15, 0.2) is 0 Å². The number of hydrogen-bond acceptors (Lipinski definition) is 2. The van der Waals surface area contributed by atoms with E-state index >= 15 is 0 Å². The van der Waals surface area contributed by atoms with E-state index in [0.29, 0.717) is 13.1 Å². The Balaban J connectivity index is 2.45. The monoisotopic (exact) mass is 226 g/mol. The van der Waals surface area contributed by atoms with E-state index < -0.39 is 5.82 Å². The molecule has 0 fully saturated rings. The highest BCUT2D eigenvalue weighted by Gasteiger charge is 2.02. The number of halogens is 2. The Kier molecular flexibility index (Phi) is 4.54. The molecule has 0 saturated carbocycles. The molecule has 0 spiro atoms. The lowest BCUT2D eigenvalue weighted by Crippen LogP contribution is -2.19. The van der Waals surface area contributed by atoms with Gasteiger partial charge in [-0.05, 0) is 24.6 Å². The van der Waals surface area contributed by atoms with Crippen molar-refractivity contribution in [1.29, 1.82) is 5.26 Å². The summed E-state index contributed by atoms with van der Waals surface area (Å²) in [4.78, 5) is 0. The zero-order valence-electron chi connectivity index (χ0n) is 8.43. The highest BCUT2D eigenvalue weighted by Crippen LogP contribution is 2.15. The van der Waals surface area contributed by atoms with Gasteiger partial charge < -0.3 is 5.32 Å². The van der Waals surface area contributed by atoms with Gasteiger partial charge in [0.25, 0.3) is 0 Å².